The molecule has 0 saturated carbocycles. The molecule has 7 nitrogen and oxygen atoms in total. The molecule has 126 valence electrons. The molecule has 0 N–H and O–H groups in total. The van der Waals surface area contributed by atoms with E-state index in [1.165, 1.54) is 0 Å². The van der Waals surface area contributed by atoms with Crippen molar-refractivity contribution in [2.75, 3.05) is 43.3 Å². The van der Waals surface area contributed by atoms with Gasteiger partial charge in [0.1, 0.15) is 6.54 Å². The van der Waals surface area contributed by atoms with Crippen LogP contribution < -0.4 is 4.31 Å². The summed E-state index contributed by atoms with van der Waals surface area (Å²) in [5.41, 5.74) is 0.275. The fourth-order valence-electron chi connectivity index (χ4n) is 2.33. The van der Waals surface area contributed by atoms with Crippen molar-refractivity contribution < 1.29 is 18.0 Å². The van der Waals surface area contributed by atoms with Crippen molar-refractivity contribution in [2.45, 2.75) is 0 Å². The molecule has 1 heterocycles. The second kappa shape index (κ2) is 7.18. The van der Waals surface area contributed by atoms with Crippen LogP contribution in [0.3, 0.4) is 0 Å². The third-order valence-corrected chi connectivity index (χ3v) is 5.06. The van der Waals surface area contributed by atoms with Gasteiger partial charge in [-0.1, -0.05) is 23.7 Å². The van der Waals surface area contributed by atoms with E-state index in [9.17, 15) is 18.0 Å². The molecular weight excluding hydrogens is 342 g/mol. The Morgan fingerprint density at radius 1 is 1.26 bits per heavy atom. The maximum Gasteiger partial charge on any atom is 0.243 e. The number of nitrogens with zero attached hydrogens (tertiary/aromatic N) is 3. The van der Waals surface area contributed by atoms with Crippen LogP contribution in [0, 0.1) is 0 Å². The average molecular weight is 360 g/mol. The molecule has 0 aliphatic carbocycles. The van der Waals surface area contributed by atoms with E-state index < -0.39 is 10.0 Å². The van der Waals surface area contributed by atoms with Crippen molar-refractivity contribution in [3.63, 3.8) is 0 Å². The molecule has 0 spiro atoms. The van der Waals surface area contributed by atoms with Crippen molar-refractivity contribution >= 4 is 39.6 Å². The zero-order chi connectivity index (χ0) is 17.0. The van der Waals surface area contributed by atoms with Crippen molar-refractivity contribution in [1.29, 1.82) is 0 Å². The highest BCUT2D eigenvalue weighted by atomic mass is 35.5. The van der Waals surface area contributed by atoms with Gasteiger partial charge in [-0.15, -0.1) is 0 Å². The van der Waals surface area contributed by atoms with Gasteiger partial charge in [-0.25, -0.2) is 8.42 Å². The number of carbonyl (C=O) groups is 2. The monoisotopic (exact) mass is 359 g/mol. The third kappa shape index (κ3) is 4.35. The molecule has 0 aromatic heterocycles. The average Bonchev–Trinajstić information content (AvgIpc) is 2.52. The number of hydrogen-bond donors (Lipinski definition) is 0. The number of benzene rings is 1. The van der Waals surface area contributed by atoms with E-state index in [4.69, 9.17) is 11.6 Å². The Hall–Kier alpha value is -1.80. The van der Waals surface area contributed by atoms with Gasteiger partial charge >= 0.3 is 0 Å². The Kier molecular flexibility index (Phi) is 5.48. The van der Waals surface area contributed by atoms with Crippen molar-refractivity contribution in [2.24, 2.45) is 0 Å². The van der Waals surface area contributed by atoms with E-state index in [0.717, 1.165) is 17.0 Å². The number of amides is 2. The Bertz CT molecular complexity index is 687. The van der Waals surface area contributed by atoms with Crippen LogP contribution in [0.25, 0.3) is 0 Å². The molecule has 1 aliphatic rings. The molecule has 1 aromatic carbocycles. The van der Waals surface area contributed by atoms with Gasteiger partial charge in [0.05, 0.1) is 17.0 Å². The molecule has 0 bridgehead atoms. The van der Waals surface area contributed by atoms with Gasteiger partial charge in [0.2, 0.25) is 22.3 Å². The first-order chi connectivity index (χ1) is 10.8. The Balaban J connectivity index is 2.15. The summed E-state index contributed by atoms with van der Waals surface area (Å²) in [6, 6.07) is 6.48. The highest BCUT2D eigenvalue weighted by Crippen LogP contribution is 2.27. The predicted molar refractivity (Wildman–Crippen MR) is 87.9 cm³/mol. The molecule has 2 amide bonds. The zero-order valence-corrected chi connectivity index (χ0v) is 14.3. The van der Waals surface area contributed by atoms with Crippen LogP contribution in [0.4, 0.5) is 5.69 Å². The van der Waals surface area contributed by atoms with E-state index in [2.05, 4.69) is 0 Å². The molecular formula is C14H18ClN3O4S. The minimum Gasteiger partial charge on any atom is -0.342 e. The van der Waals surface area contributed by atoms with Crippen LogP contribution in [0.15, 0.2) is 24.3 Å². The number of para-hydroxylation sites is 1. The number of halogens is 1. The van der Waals surface area contributed by atoms with Crippen LogP contribution in [0.1, 0.15) is 0 Å². The minimum atomic E-state index is -3.65. The van der Waals surface area contributed by atoms with E-state index in [1.807, 2.05) is 0 Å². The minimum absolute atomic E-state index is 0.261. The van der Waals surface area contributed by atoms with Gasteiger partial charge in [-0.2, -0.15) is 0 Å². The normalized spacial score (nSPS) is 15.4. The molecule has 1 saturated heterocycles. The lowest BCUT2D eigenvalue weighted by Gasteiger charge is -2.34. The Labute approximate surface area is 140 Å². The van der Waals surface area contributed by atoms with Gasteiger partial charge in [0, 0.05) is 26.2 Å². The van der Waals surface area contributed by atoms with E-state index in [1.54, 1.807) is 34.1 Å². The number of hydrogen-bond acceptors (Lipinski definition) is 4. The number of sulfonamides is 1. The first-order valence-electron chi connectivity index (χ1n) is 7.02. The van der Waals surface area contributed by atoms with Crippen LogP contribution in [0.5, 0.6) is 0 Å². The lowest BCUT2D eigenvalue weighted by Crippen LogP contribution is -2.51. The fourth-order valence-corrected chi connectivity index (χ4v) is 3.48. The summed E-state index contributed by atoms with van der Waals surface area (Å²) in [5, 5.41) is 0.261. The van der Waals surface area contributed by atoms with Gasteiger partial charge < -0.3 is 9.80 Å². The smallest absolute Gasteiger partial charge is 0.243 e. The van der Waals surface area contributed by atoms with Crippen LogP contribution >= 0.6 is 11.6 Å². The molecule has 1 aliphatic heterocycles. The molecule has 1 aromatic rings. The summed E-state index contributed by atoms with van der Waals surface area (Å²) in [5.74, 6) is -0.319. The zero-order valence-electron chi connectivity index (χ0n) is 12.7. The SMILES string of the molecule is CS(=O)(=O)N(CC(=O)N1CCN(C=O)CC1)c1ccccc1Cl. The fraction of sp³-hybridized carbons (Fsp3) is 0.429. The van der Waals surface area contributed by atoms with Gasteiger partial charge in [-0.05, 0) is 12.1 Å². The highest BCUT2D eigenvalue weighted by molar-refractivity contribution is 7.92. The standard InChI is InChI=1S/C14H18ClN3O4S/c1-23(21,22)18(13-5-3-2-4-12(13)15)10-14(20)17-8-6-16(11-19)7-9-17/h2-5,11H,6-10H2,1H3. The van der Waals surface area contributed by atoms with Crippen molar-refractivity contribution in [1.82, 2.24) is 9.80 Å². The Morgan fingerprint density at radius 3 is 2.39 bits per heavy atom. The molecule has 0 unspecified atom stereocenters. The van der Waals surface area contributed by atoms with Crippen LogP contribution in [-0.2, 0) is 19.6 Å². The predicted octanol–water partition coefficient (Wildman–Crippen LogP) is 0.407. The van der Waals surface area contributed by atoms with Gasteiger partial charge in [0.25, 0.3) is 0 Å². The maximum atomic E-state index is 12.4. The molecule has 23 heavy (non-hydrogen) atoms. The van der Waals surface area contributed by atoms with Gasteiger partial charge in [-0.3, -0.25) is 13.9 Å². The highest BCUT2D eigenvalue weighted by Gasteiger charge is 2.27. The second-order valence-corrected chi connectivity index (χ2v) is 7.56. The summed E-state index contributed by atoms with van der Waals surface area (Å²) >= 11 is 6.06. The molecule has 1 fully saturated rings. The summed E-state index contributed by atoms with van der Waals surface area (Å²) in [7, 11) is -3.65. The first-order valence-corrected chi connectivity index (χ1v) is 9.25. The molecule has 2 rings (SSSR count). The lowest BCUT2D eigenvalue weighted by molar-refractivity contribution is -0.133. The summed E-state index contributed by atoms with van der Waals surface area (Å²) < 4.78 is 25.1. The summed E-state index contributed by atoms with van der Waals surface area (Å²) in [6.45, 7) is 1.35. The molecule has 9 heteroatoms. The lowest BCUT2D eigenvalue weighted by atomic mass is 10.3. The number of piperazine rings is 1. The van der Waals surface area contributed by atoms with E-state index in [-0.39, 0.29) is 23.2 Å². The summed E-state index contributed by atoms with van der Waals surface area (Å²) in [6.07, 6.45) is 1.78. The second-order valence-electron chi connectivity index (χ2n) is 5.24. The maximum absolute atomic E-state index is 12.4. The summed E-state index contributed by atoms with van der Waals surface area (Å²) in [4.78, 5) is 26.2. The number of rotatable bonds is 5. The van der Waals surface area contributed by atoms with Crippen LogP contribution in [-0.4, -0.2) is 69.5 Å². The van der Waals surface area contributed by atoms with Crippen molar-refractivity contribution in [3.8, 4) is 0 Å². The topological polar surface area (TPSA) is 78.0 Å². The number of anilines is 1. The largest absolute Gasteiger partial charge is 0.342 e. The van der Waals surface area contributed by atoms with E-state index >= 15 is 0 Å². The molecule has 0 atom stereocenters. The molecule has 0 radical (unpaired) electrons. The Morgan fingerprint density at radius 2 is 1.87 bits per heavy atom. The van der Waals surface area contributed by atoms with Crippen LogP contribution in [0.2, 0.25) is 5.02 Å². The quantitative estimate of drug-likeness (QED) is 0.713. The van der Waals surface area contributed by atoms with Gasteiger partial charge in [0.15, 0.2) is 0 Å². The third-order valence-electron chi connectivity index (χ3n) is 3.62. The number of carbonyl (C=O) groups excluding carboxylic acids is 2. The van der Waals surface area contributed by atoms with E-state index in [0.29, 0.717) is 26.2 Å². The first kappa shape index (κ1) is 17.6. The van der Waals surface area contributed by atoms with Crippen molar-refractivity contribution in [3.05, 3.63) is 29.3 Å².